The minimum Gasteiger partial charge on any atom is -0.293 e. The van der Waals surface area contributed by atoms with E-state index in [1.807, 2.05) is 12.1 Å². The zero-order valence-electron chi connectivity index (χ0n) is 12.2. The molecule has 104 valence electrons. The number of ketones is 1. The Morgan fingerprint density at radius 3 is 2.63 bits per heavy atom. The van der Waals surface area contributed by atoms with Gasteiger partial charge in [-0.3, -0.25) is 9.69 Å². The Bertz CT molecular complexity index is 410. The molecule has 0 amide bonds. The third kappa shape index (κ3) is 3.66. The van der Waals surface area contributed by atoms with Gasteiger partial charge in [-0.1, -0.05) is 44.5 Å². The highest BCUT2D eigenvalue weighted by atomic mass is 16.1. The molecule has 1 saturated heterocycles. The summed E-state index contributed by atoms with van der Waals surface area (Å²) < 4.78 is 0. The molecule has 1 unspecified atom stereocenters. The van der Waals surface area contributed by atoms with Gasteiger partial charge in [-0.2, -0.15) is 0 Å². The van der Waals surface area contributed by atoms with Gasteiger partial charge in [-0.25, -0.2) is 0 Å². The lowest BCUT2D eigenvalue weighted by molar-refractivity contribution is 0.0920. The van der Waals surface area contributed by atoms with Gasteiger partial charge < -0.3 is 0 Å². The van der Waals surface area contributed by atoms with Crippen molar-refractivity contribution in [1.29, 1.82) is 0 Å². The van der Waals surface area contributed by atoms with Crippen LogP contribution in [-0.4, -0.2) is 29.8 Å². The molecule has 1 aliphatic heterocycles. The minimum absolute atomic E-state index is 0.267. The summed E-state index contributed by atoms with van der Waals surface area (Å²) in [6.07, 6.45) is 5.89. The van der Waals surface area contributed by atoms with Crippen molar-refractivity contribution in [3.05, 3.63) is 35.4 Å². The summed E-state index contributed by atoms with van der Waals surface area (Å²) in [5.74, 6) is 0.267. The minimum atomic E-state index is 0.267. The first-order chi connectivity index (χ1) is 9.24. The fourth-order valence-corrected chi connectivity index (χ4v) is 2.99. The maximum absolute atomic E-state index is 12.3. The predicted octanol–water partition coefficient (Wildman–Crippen LogP) is 3.70. The molecule has 1 aromatic carbocycles. The molecule has 19 heavy (non-hydrogen) atoms. The van der Waals surface area contributed by atoms with E-state index >= 15 is 0 Å². The Morgan fingerprint density at radius 2 is 2.00 bits per heavy atom. The van der Waals surface area contributed by atoms with Gasteiger partial charge in [-0.05, 0) is 37.8 Å². The Labute approximate surface area is 116 Å². The maximum Gasteiger partial charge on any atom is 0.176 e. The average molecular weight is 259 g/mol. The van der Waals surface area contributed by atoms with Crippen molar-refractivity contribution >= 4 is 5.78 Å². The number of hydrogen-bond acceptors (Lipinski definition) is 2. The lowest BCUT2D eigenvalue weighted by Crippen LogP contribution is -2.33. The molecule has 0 bridgehead atoms. The van der Waals surface area contributed by atoms with Crippen molar-refractivity contribution in [1.82, 2.24) is 4.90 Å². The van der Waals surface area contributed by atoms with E-state index in [2.05, 4.69) is 30.9 Å². The Kier molecular flexibility index (Phi) is 5.15. The van der Waals surface area contributed by atoms with Crippen LogP contribution in [0.2, 0.25) is 0 Å². The molecule has 1 aromatic rings. The van der Waals surface area contributed by atoms with Crippen molar-refractivity contribution in [3.63, 3.8) is 0 Å². The maximum atomic E-state index is 12.3. The lowest BCUT2D eigenvalue weighted by Gasteiger charge is -2.22. The Morgan fingerprint density at radius 1 is 1.26 bits per heavy atom. The van der Waals surface area contributed by atoms with Gasteiger partial charge in [0.1, 0.15) is 0 Å². The second kappa shape index (κ2) is 6.85. The van der Waals surface area contributed by atoms with E-state index in [0.717, 1.165) is 31.4 Å². The Balaban J connectivity index is 1.95. The summed E-state index contributed by atoms with van der Waals surface area (Å²) in [5, 5.41) is 0. The first kappa shape index (κ1) is 14.3. The van der Waals surface area contributed by atoms with Crippen LogP contribution in [0.25, 0.3) is 0 Å². The molecule has 0 radical (unpaired) electrons. The highest BCUT2D eigenvalue weighted by Crippen LogP contribution is 2.20. The normalized spacial score (nSPS) is 19.8. The van der Waals surface area contributed by atoms with Gasteiger partial charge in [0.2, 0.25) is 0 Å². The first-order valence-electron chi connectivity index (χ1n) is 7.60. The topological polar surface area (TPSA) is 20.3 Å². The van der Waals surface area contributed by atoms with E-state index in [4.69, 9.17) is 0 Å². The molecule has 2 nitrogen and oxygen atoms in total. The van der Waals surface area contributed by atoms with Crippen LogP contribution in [-0.2, 0) is 6.42 Å². The number of likely N-dealkylation sites (tertiary alicyclic amines) is 1. The van der Waals surface area contributed by atoms with Crippen LogP contribution in [0.1, 0.15) is 55.5 Å². The van der Waals surface area contributed by atoms with E-state index in [-0.39, 0.29) is 5.78 Å². The zero-order valence-corrected chi connectivity index (χ0v) is 12.2. The number of nitrogens with zero attached hydrogens (tertiary/aromatic N) is 1. The Hall–Kier alpha value is -1.15. The number of aryl methyl sites for hydroxylation is 1. The number of carbonyl (C=O) groups is 1. The van der Waals surface area contributed by atoms with Gasteiger partial charge in [0.25, 0.3) is 0 Å². The summed E-state index contributed by atoms with van der Waals surface area (Å²) in [5.41, 5.74) is 2.19. The van der Waals surface area contributed by atoms with Crippen LogP contribution in [0.3, 0.4) is 0 Å². The number of carbonyl (C=O) groups excluding carboxylic acids is 1. The molecule has 1 atom stereocenters. The fraction of sp³-hybridized carbons (Fsp3) is 0.588. The summed E-state index contributed by atoms with van der Waals surface area (Å²) in [4.78, 5) is 14.6. The number of Topliss-reactive ketones (excluding diaryl/α,β-unsaturated/α-hetero) is 1. The fourth-order valence-electron chi connectivity index (χ4n) is 2.99. The summed E-state index contributed by atoms with van der Waals surface area (Å²) in [6.45, 7) is 6.06. The van der Waals surface area contributed by atoms with Crippen molar-refractivity contribution in [2.75, 3.05) is 13.1 Å². The highest BCUT2D eigenvalue weighted by Gasteiger charge is 2.24. The molecule has 0 aliphatic carbocycles. The standard InChI is InChI=1S/C17H25NO/c1-3-6-14-8-10-15(11-9-14)17(19)13-18-12-5-7-16(18)4-2/h8-11,16H,3-7,12-13H2,1-2H3. The van der Waals surface area contributed by atoms with Crippen LogP contribution >= 0.6 is 0 Å². The quantitative estimate of drug-likeness (QED) is 0.726. The molecule has 2 rings (SSSR count). The lowest BCUT2D eigenvalue weighted by atomic mass is 10.0. The molecule has 0 saturated carbocycles. The second-order valence-corrected chi connectivity index (χ2v) is 5.54. The van der Waals surface area contributed by atoms with Crippen molar-refractivity contribution in [2.45, 2.75) is 52.0 Å². The molecule has 1 aliphatic rings. The smallest absolute Gasteiger partial charge is 0.176 e. The van der Waals surface area contributed by atoms with Gasteiger partial charge in [0, 0.05) is 11.6 Å². The van der Waals surface area contributed by atoms with Crippen molar-refractivity contribution in [3.8, 4) is 0 Å². The third-order valence-electron chi connectivity index (χ3n) is 4.13. The van der Waals surface area contributed by atoms with Gasteiger partial charge in [-0.15, -0.1) is 0 Å². The van der Waals surface area contributed by atoms with Crippen LogP contribution in [0.15, 0.2) is 24.3 Å². The SMILES string of the molecule is CCCc1ccc(C(=O)CN2CCCC2CC)cc1. The van der Waals surface area contributed by atoms with Gasteiger partial charge >= 0.3 is 0 Å². The molecule has 1 fully saturated rings. The highest BCUT2D eigenvalue weighted by molar-refractivity contribution is 5.97. The largest absolute Gasteiger partial charge is 0.293 e. The average Bonchev–Trinajstić information content (AvgIpc) is 2.87. The second-order valence-electron chi connectivity index (χ2n) is 5.54. The number of rotatable bonds is 6. The third-order valence-corrected chi connectivity index (χ3v) is 4.13. The predicted molar refractivity (Wildman–Crippen MR) is 79.7 cm³/mol. The van der Waals surface area contributed by atoms with Crippen LogP contribution in [0.4, 0.5) is 0 Å². The number of hydrogen-bond donors (Lipinski definition) is 0. The molecule has 0 spiro atoms. The molecule has 0 aromatic heterocycles. The number of benzene rings is 1. The van der Waals surface area contributed by atoms with Crippen LogP contribution < -0.4 is 0 Å². The molecule has 1 heterocycles. The molecular weight excluding hydrogens is 234 g/mol. The van der Waals surface area contributed by atoms with E-state index in [9.17, 15) is 4.79 Å². The summed E-state index contributed by atoms with van der Waals surface area (Å²) in [7, 11) is 0. The van der Waals surface area contributed by atoms with Gasteiger partial charge in [0.05, 0.1) is 6.54 Å². The van der Waals surface area contributed by atoms with E-state index < -0.39 is 0 Å². The van der Waals surface area contributed by atoms with E-state index in [0.29, 0.717) is 12.6 Å². The van der Waals surface area contributed by atoms with Crippen molar-refractivity contribution < 1.29 is 4.79 Å². The monoisotopic (exact) mass is 259 g/mol. The van der Waals surface area contributed by atoms with Crippen molar-refractivity contribution in [2.24, 2.45) is 0 Å². The van der Waals surface area contributed by atoms with Crippen LogP contribution in [0, 0.1) is 0 Å². The zero-order chi connectivity index (χ0) is 13.7. The molecule has 0 N–H and O–H groups in total. The first-order valence-corrected chi connectivity index (χ1v) is 7.60. The van der Waals surface area contributed by atoms with Crippen LogP contribution in [0.5, 0.6) is 0 Å². The summed E-state index contributed by atoms with van der Waals surface area (Å²) in [6, 6.07) is 8.79. The molecular formula is C17H25NO. The van der Waals surface area contributed by atoms with E-state index in [1.165, 1.54) is 18.4 Å². The molecule has 2 heteroatoms. The summed E-state index contributed by atoms with van der Waals surface area (Å²) >= 11 is 0. The van der Waals surface area contributed by atoms with Gasteiger partial charge in [0.15, 0.2) is 5.78 Å². The van der Waals surface area contributed by atoms with E-state index in [1.54, 1.807) is 0 Å².